The van der Waals surface area contributed by atoms with E-state index in [9.17, 15) is 4.79 Å². The summed E-state index contributed by atoms with van der Waals surface area (Å²) in [7, 11) is 1.84. The first-order valence-electron chi connectivity index (χ1n) is 6.38. The van der Waals surface area contributed by atoms with E-state index < -0.39 is 5.97 Å². The van der Waals surface area contributed by atoms with Gasteiger partial charge in [0.2, 0.25) is 0 Å². The zero-order valence-corrected chi connectivity index (χ0v) is 12.5. The van der Waals surface area contributed by atoms with E-state index in [0.29, 0.717) is 5.16 Å². The lowest BCUT2D eigenvalue weighted by Crippen LogP contribution is -2.02. The third kappa shape index (κ3) is 2.64. The number of carboxylic acid groups (broad SMARTS) is 1. The number of imidazole rings is 1. The van der Waals surface area contributed by atoms with Crippen LogP contribution in [0.1, 0.15) is 5.56 Å². The summed E-state index contributed by atoms with van der Waals surface area (Å²) in [6.45, 7) is 2.00. The summed E-state index contributed by atoms with van der Waals surface area (Å²) in [6, 6.07) is 7.86. The van der Waals surface area contributed by atoms with Gasteiger partial charge in [0.15, 0.2) is 11.0 Å². The second kappa shape index (κ2) is 5.25. The molecule has 0 amide bonds. The van der Waals surface area contributed by atoms with Crippen LogP contribution in [0.15, 0.2) is 35.6 Å². The van der Waals surface area contributed by atoms with E-state index >= 15 is 0 Å². The van der Waals surface area contributed by atoms with Gasteiger partial charge in [-0.05, 0) is 24.6 Å². The highest BCUT2D eigenvalue weighted by atomic mass is 32.2. The van der Waals surface area contributed by atoms with Gasteiger partial charge in [-0.25, -0.2) is 4.98 Å². The monoisotopic (exact) mass is 302 g/mol. The molecule has 0 spiro atoms. The number of carbonyl (C=O) groups is 1. The molecule has 0 aliphatic carbocycles. The maximum atomic E-state index is 10.8. The van der Waals surface area contributed by atoms with E-state index in [4.69, 9.17) is 5.11 Å². The van der Waals surface area contributed by atoms with Crippen molar-refractivity contribution in [2.75, 3.05) is 5.75 Å². The van der Waals surface area contributed by atoms with Crippen LogP contribution in [0.3, 0.4) is 0 Å². The molecule has 2 heterocycles. The molecule has 0 saturated heterocycles. The number of nitrogens with zero attached hydrogens (tertiary/aromatic N) is 4. The summed E-state index contributed by atoms with van der Waals surface area (Å²) >= 11 is 1.19. The second-order valence-electron chi connectivity index (χ2n) is 4.75. The van der Waals surface area contributed by atoms with E-state index in [-0.39, 0.29) is 5.75 Å². The number of aryl methyl sites for hydroxylation is 2. The minimum absolute atomic E-state index is 0.0326. The van der Waals surface area contributed by atoms with Crippen LogP contribution in [-0.2, 0) is 11.8 Å². The first kappa shape index (κ1) is 13.7. The van der Waals surface area contributed by atoms with Gasteiger partial charge in [0.1, 0.15) is 0 Å². The fourth-order valence-electron chi connectivity index (χ4n) is 2.13. The highest BCUT2D eigenvalue weighted by Crippen LogP contribution is 2.27. The Balaban J connectivity index is 2.17. The Labute approximate surface area is 125 Å². The average Bonchev–Trinajstić information content (AvgIpc) is 2.98. The summed E-state index contributed by atoms with van der Waals surface area (Å²) in [4.78, 5) is 15.4. The van der Waals surface area contributed by atoms with Crippen LogP contribution in [0.25, 0.3) is 16.9 Å². The van der Waals surface area contributed by atoms with Gasteiger partial charge < -0.3 is 5.11 Å². The minimum atomic E-state index is -0.865. The molecule has 0 unspecified atom stereocenters. The van der Waals surface area contributed by atoms with E-state index in [1.165, 1.54) is 11.8 Å². The van der Waals surface area contributed by atoms with E-state index in [1.807, 2.05) is 49.0 Å². The molecule has 7 heteroatoms. The average molecular weight is 302 g/mol. The number of hydrogen-bond donors (Lipinski definition) is 1. The first-order chi connectivity index (χ1) is 10.0. The molecule has 6 nitrogen and oxygen atoms in total. The van der Waals surface area contributed by atoms with Crippen molar-refractivity contribution in [2.24, 2.45) is 7.05 Å². The number of fused-ring (bicyclic) bond motifs is 1. The minimum Gasteiger partial charge on any atom is -0.481 e. The van der Waals surface area contributed by atoms with Crippen molar-refractivity contribution in [3.63, 3.8) is 0 Å². The molecule has 108 valence electrons. The molecule has 0 bridgehead atoms. The lowest BCUT2D eigenvalue weighted by Gasteiger charge is -2.04. The van der Waals surface area contributed by atoms with Crippen LogP contribution in [0.4, 0.5) is 0 Å². The topological polar surface area (TPSA) is 72.9 Å². The molecule has 0 aliphatic rings. The van der Waals surface area contributed by atoms with Crippen molar-refractivity contribution in [3.8, 4) is 5.82 Å². The van der Waals surface area contributed by atoms with Crippen molar-refractivity contribution in [1.29, 1.82) is 0 Å². The Morgan fingerprint density at radius 3 is 2.86 bits per heavy atom. The van der Waals surface area contributed by atoms with Gasteiger partial charge >= 0.3 is 5.97 Å². The van der Waals surface area contributed by atoms with Gasteiger partial charge in [-0.2, -0.15) is 5.10 Å². The molecular weight excluding hydrogens is 288 g/mol. The number of aromatic nitrogens is 4. The molecule has 1 N–H and O–H groups in total. The smallest absolute Gasteiger partial charge is 0.313 e. The van der Waals surface area contributed by atoms with Crippen LogP contribution < -0.4 is 0 Å². The molecule has 0 fully saturated rings. The molecule has 1 aromatic carbocycles. The highest BCUT2D eigenvalue weighted by molar-refractivity contribution is 7.99. The lowest BCUT2D eigenvalue weighted by molar-refractivity contribution is -0.133. The summed E-state index contributed by atoms with van der Waals surface area (Å²) in [5, 5.41) is 13.9. The van der Waals surface area contributed by atoms with E-state index in [0.717, 1.165) is 22.4 Å². The van der Waals surface area contributed by atoms with Gasteiger partial charge in [0.25, 0.3) is 0 Å². The zero-order valence-electron chi connectivity index (χ0n) is 11.6. The number of thioether (sulfide) groups is 1. The fraction of sp³-hybridized carbons (Fsp3) is 0.214. The van der Waals surface area contributed by atoms with Crippen LogP contribution in [0.5, 0.6) is 0 Å². The summed E-state index contributed by atoms with van der Waals surface area (Å²) in [6.07, 6.45) is 1.85. The largest absolute Gasteiger partial charge is 0.481 e. The van der Waals surface area contributed by atoms with Crippen molar-refractivity contribution in [2.45, 2.75) is 12.1 Å². The standard InChI is InChI=1S/C14H14N4O2S/c1-9-3-4-11-10(7-9)15-14(21-8-13(19)20)18(11)12-5-6-17(2)16-12/h3-7H,8H2,1-2H3,(H,19,20). The number of carboxylic acids is 1. The number of rotatable bonds is 4. The number of benzene rings is 1. The summed E-state index contributed by atoms with van der Waals surface area (Å²) in [5.74, 6) is -0.165. The van der Waals surface area contributed by atoms with Crippen molar-refractivity contribution >= 4 is 28.8 Å². The quantitative estimate of drug-likeness (QED) is 0.748. The van der Waals surface area contributed by atoms with Gasteiger partial charge in [-0.3, -0.25) is 14.0 Å². The maximum absolute atomic E-state index is 10.8. The predicted molar refractivity (Wildman–Crippen MR) is 80.9 cm³/mol. The first-order valence-corrected chi connectivity index (χ1v) is 7.37. The normalized spacial score (nSPS) is 11.1. The molecular formula is C14H14N4O2S. The molecule has 0 saturated carbocycles. The Morgan fingerprint density at radius 2 is 2.19 bits per heavy atom. The number of hydrogen-bond acceptors (Lipinski definition) is 4. The summed E-state index contributed by atoms with van der Waals surface area (Å²) < 4.78 is 3.60. The summed E-state index contributed by atoms with van der Waals surface area (Å²) in [5.41, 5.74) is 2.88. The molecule has 2 aromatic heterocycles. The van der Waals surface area contributed by atoms with Crippen molar-refractivity contribution in [1.82, 2.24) is 19.3 Å². The fourth-order valence-corrected chi connectivity index (χ4v) is 2.87. The van der Waals surface area contributed by atoms with Crippen LogP contribution in [0, 0.1) is 6.92 Å². The molecule has 3 aromatic rings. The molecule has 3 rings (SSSR count). The van der Waals surface area contributed by atoms with Crippen LogP contribution in [-0.4, -0.2) is 36.2 Å². The lowest BCUT2D eigenvalue weighted by atomic mass is 10.2. The van der Waals surface area contributed by atoms with E-state index in [2.05, 4.69) is 10.1 Å². The van der Waals surface area contributed by atoms with Gasteiger partial charge in [-0.15, -0.1) is 0 Å². The van der Waals surface area contributed by atoms with Gasteiger partial charge in [0.05, 0.1) is 16.8 Å². The molecule has 0 radical (unpaired) electrons. The number of aliphatic carboxylic acids is 1. The Morgan fingerprint density at radius 1 is 1.38 bits per heavy atom. The Bertz CT molecular complexity index is 822. The van der Waals surface area contributed by atoms with E-state index in [1.54, 1.807) is 4.68 Å². The molecule has 21 heavy (non-hydrogen) atoms. The Hall–Kier alpha value is -2.28. The van der Waals surface area contributed by atoms with Crippen LogP contribution >= 0.6 is 11.8 Å². The maximum Gasteiger partial charge on any atom is 0.313 e. The Kier molecular flexibility index (Phi) is 3.42. The molecule has 0 aliphatic heterocycles. The van der Waals surface area contributed by atoms with Gasteiger partial charge in [0, 0.05) is 19.3 Å². The van der Waals surface area contributed by atoms with Crippen molar-refractivity contribution < 1.29 is 9.90 Å². The molecule has 0 atom stereocenters. The predicted octanol–water partition coefficient (Wildman–Crippen LogP) is 2.24. The van der Waals surface area contributed by atoms with Crippen LogP contribution in [0.2, 0.25) is 0 Å². The zero-order chi connectivity index (χ0) is 15.0. The highest BCUT2D eigenvalue weighted by Gasteiger charge is 2.15. The van der Waals surface area contributed by atoms with Gasteiger partial charge in [-0.1, -0.05) is 17.8 Å². The second-order valence-corrected chi connectivity index (χ2v) is 5.69. The van der Waals surface area contributed by atoms with Crippen molar-refractivity contribution in [3.05, 3.63) is 36.0 Å². The SMILES string of the molecule is Cc1ccc2c(c1)nc(SCC(=O)O)n2-c1ccn(C)n1. The third-order valence-electron chi connectivity index (χ3n) is 3.03. The third-order valence-corrected chi connectivity index (χ3v) is 3.96.